The molecule has 0 radical (unpaired) electrons. The Balaban J connectivity index is 1.29. The second kappa shape index (κ2) is 12.0. The summed E-state index contributed by atoms with van der Waals surface area (Å²) >= 11 is 1.11. The molecule has 0 unspecified atom stereocenters. The summed E-state index contributed by atoms with van der Waals surface area (Å²) in [5.41, 5.74) is 2.75. The molecule has 5 rings (SSSR count). The van der Waals surface area contributed by atoms with Crippen molar-refractivity contribution in [2.45, 2.75) is 19.0 Å². The Labute approximate surface area is 235 Å². The molecule has 0 aliphatic carbocycles. The first-order valence-corrected chi connectivity index (χ1v) is 13.5. The van der Waals surface area contributed by atoms with Crippen molar-refractivity contribution in [2.24, 2.45) is 9.98 Å². The van der Waals surface area contributed by atoms with Gasteiger partial charge in [-0.15, -0.1) is 0 Å². The van der Waals surface area contributed by atoms with Crippen LogP contribution in [-0.4, -0.2) is 59.6 Å². The van der Waals surface area contributed by atoms with E-state index in [0.717, 1.165) is 17.3 Å². The third-order valence-corrected chi connectivity index (χ3v) is 7.21. The SMILES string of the molecule is COc1ccc(OC)c(NC(=O)CSC2=Nc3ccccc3C3=N[C@@H](CC(=O)NCc4ccccc4)C(=O)N23)c1. The van der Waals surface area contributed by atoms with Gasteiger partial charge in [0.1, 0.15) is 23.4 Å². The zero-order valence-corrected chi connectivity index (χ0v) is 22.7. The summed E-state index contributed by atoms with van der Waals surface area (Å²) in [6.07, 6.45) is -0.0953. The van der Waals surface area contributed by atoms with Gasteiger partial charge in [-0.2, -0.15) is 0 Å². The molecule has 3 aromatic rings. The zero-order valence-electron chi connectivity index (χ0n) is 21.9. The number of anilines is 1. The predicted molar refractivity (Wildman–Crippen MR) is 154 cm³/mol. The molecular weight excluding hydrogens is 530 g/mol. The average molecular weight is 558 g/mol. The summed E-state index contributed by atoms with van der Waals surface area (Å²) < 4.78 is 10.6. The molecule has 2 heterocycles. The fraction of sp³-hybridized carbons (Fsp3) is 0.207. The lowest BCUT2D eigenvalue weighted by Crippen LogP contribution is -2.42. The first kappa shape index (κ1) is 26.9. The van der Waals surface area contributed by atoms with E-state index in [1.54, 1.807) is 18.2 Å². The van der Waals surface area contributed by atoms with Crippen LogP contribution in [0, 0.1) is 0 Å². The summed E-state index contributed by atoms with van der Waals surface area (Å²) in [6, 6.07) is 21.1. The van der Waals surface area contributed by atoms with Gasteiger partial charge in [-0.1, -0.05) is 54.2 Å². The molecule has 0 saturated heterocycles. The predicted octanol–water partition coefficient (Wildman–Crippen LogP) is 3.74. The number of carbonyl (C=O) groups excluding carboxylic acids is 3. The minimum Gasteiger partial charge on any atom is -0.497 e. The van der Waals surface area contributed by atoms with E-state index in [4.69, 9.17) is 9.47 Å². The van der Waals surface area contributed by atoms with E-state index in [0.29, 0.717) is 46.0 Å². The topological polar surface area (TPSA) is 122 Å². The molecule has 204 valence electrons. The van der Waals surface area contributed by atoms with Crippen molar-refractivity contribution < 1.29 is 23.9 Å². The van der Waals surface area contributed by atoms with Gasteiger partial charge in [-0.25, -0.2) is 9.89 Å². The molecule has 11 heteroatoms. The van der Waals surface area contributed by atoms with Crippen LogP contribution in [0.5, 0.6) is 11.5 Å². The zero-order chi connectivity index (χ0) is 28.1. The van der Waals surface area contributed by atoms with Crippen molar-refractivity contribution in [1.82, 2.24) is 10.2 Å². The summed E-state index contributed by atoms with van der Waals surface area (Å²) in [5.74, 6) is 0.493. The normalized spacial score (nSPS) is 15.4. The lowest BCUT2D eigenvalue weighted by molar-refractivity contribution is -0.128. The number of fused-ring (bicyclic) bond motifs is 3. The number of benzene rings is 3. The number of para-hydroxylation sites is 1. The summed E-state index contributed by atoms with van der Waals surface area (Å²) in [5, 5.41) is 6.00. The molecule has 3 aromatic carbocycles. The van der Waals surface area contributed by atoms with Crippen molar-refractivity contribution in [3.63, 3.8) is 0 Å². The number of nitrogens with zero attached hydrogens (tertiary/aromatic N) is 3. The third-order valence-electron chi connectivity index (χ3n) is 6.27. The van der Waals surface area contributed by atoms with Gasteiger partial charge in [-0.05, 0) is 29.8 Å². The number of methoxy groups -OCH3 is 2. The highest BCUT2D eigenvalue weighted by Crippen LogP contribution is 2.34. The van der Waals surface area contributed by atoms with Crippen LogP contribution in [0.15, 0.2) is 82.8 Å². The van der Waals surface area contributed by atoms with Crippen LogP contribution in [0.4, 0.5) is 11.4 Å². The number of hydrogen-bond donors (Lipinski definition) is 2. The van der Waals surface area contributed by atoms with Gasteiger partial charge in [0, 0.05) is 18.2 Å². The molecule has 0 saturated carbocycles. The van der Waals surface area contributed by atoms with Gasteiger partial charge in [0.15, 0.2) is 5.17 Å². The standard InChI is InChI=1S/C29H27N5O5S/c1-38-19-12-13-24(39-2)22(14-19)31-26(36)17-40-29-33-21-11-7-6-10-20(21)27-32-23(28(37)34(27)29)15-25(35)30-16-18-8-4-3-5-9-18/h3-14,23H,15-17H2,1-2H3,(H,30,35)(H,31,36)/t23-/m0/s1. The Kier molecular flexibility index (Phi) is 8.11. The van der Waals surface area contributed by atoms with E-state index in [1.165, 1.54) is 19.1 Å². The maximum absolute atomic E-state index is 13.5. The van der Waals surface area contributed by atoms with Gasteiger partial charge >= 0.3 is 0 Å². The molecule has 0 aromatic heterocycles. The molecule has 0 bridgehead atoms. The van der Waals surface area contributed by atoms with Gasteiger partial charge in [-0.3, -0.25) is 19.4 Å². The fourth-order valence-corrected chi connectivity index (χ4v) is 5.11. The summed E-state index contributed by atoms with van der Waals surface area (Å²) in [4.78, 5) is 49.7. The van der Waals surface area contributed by atoms with Crippen LogP contribution >= 0.6 is 11.8 Å². The molecular formula is C29H27N5O5S. The monoisotopic (exact) mass is 557 g/mol. The van der Waals surface area contributed by atoms with Gasteiger partial charge in [0.25, 0.3) is 5.91 Å². The van der Waals surface area contributed by atoms with E-state index in [2.05, 4.69) is 20.6 Å². The number of nitrogens with one attached hydrogen (secondary N) is 2. The quantitative estimate of drug-likeness (QED) is 0.414. The van der Waals surface area contributed by atoms with Gasteiger partial charge < -0.3 is 20.1 Å². The number of carbonyl (C=O) groups is 3. The van der Waals surface area contributed by atoms with E-state index in [-0.39, 0.29) is 29.9 Å². The number of ether oxygens (including phenoxy) is 2. The minimum atomic E-state index is -0.891. The number of amidine groups is 2. The van der Waals surface area contributed by atoms with Crippen LogP contribution in [-0.2, 0) is 20.9 Å². The van der Waals surface area contributed by atoms with E-state index in [1.807, 2.05) is 54.6 Å². The van der Waals surface area contributed by atoms with Gasteiger partial charge in [0.2, 0.25) is 11.8 Å². The van der Waals surface area contributed by atoms with Crippen LogP contribution in [0.1, 0.15) is 17.5 Å². The number of amides is 3. The molecule has 1 atom stereocenters. The summed E-state index contributed by atoms with van der Waals surface area (Å²) in [6.45, 7) is 0.361. The van der Waals surface area contributed by atoms with Crippen LogP contribution in [0.2, 0.25) is 0 Å². The van der Waals surface area contributed by atoms with Crippen molar-refractivity contribution in [3.8, 4) is 11.5 Å². The van der Waals surface area contributed by atoms with Crippen molar-refractivity contribution in [2.75, 3.05) is 25.3 Å². The molecule has 2 N–H and O–H groups in total. The number of aliphatic imine (C=N–C) groups is 2. The van der Waals surface area contributed by atoms with E-state index < -0.39 is 6.04 Å². The Bertz CT molecular complexity index is 1510. The lowest BCUT2D eigenvalue weighted by Gasteiger charge is -2.25. The summed E-state index contributed by atoms with van der Waals surface area (Å²) in [7, 11) is 3.05. The minimum absolute atomic E-state index is 0.0271. The molecule has 0 fully saturated rings. The first-order chi connectivity index (χ1) is 19.5. The average Bonchev–Trinajstić information content (AvgIpc) is 3.31. The molecule has 2 aliphatic rings. The smallest absolute Gasteiger partial charge is 0.259 e. The van der Waals surface area contributed by atoms with Crippen molar-refractivity contribution in [1.29, 1.82) is 0 Å². The van der Waals surface area contributed by atoms with Crippen LogP contribution in [0.3, 0.4) is 0 Å². The molecule has 0 spiro atoms. The van der Waals surface area contributed by atoms with Crippen molar-refractivity contribution >= 4 is 51.9 Å². The lowest BCUT2D eigenvalue weighted by atomic mass is 10.1. The van der Waals surface area contributed by atoms with Crippen molar-refractivity contribution in [3.05, 3.63) is 83.9 Å². The molecule has 10 nitrogen and oxygen atoms in total. The first-order valence-electron chi connectivity index (χ1n) is 12.5. The second-order valence-corrected chi connectivity index (χ2v) is 9.87. The second-order valence-electron chi connectivity index (χ2n) is 8.92. The Morgan fingerprint density at radius 1 is 0.975 bits per heavy atom. The van der Waals surface area contributed by atoms with Gasteiger partial charge in [0.05, 0.1) is 37.8 Å². The molecule has 3 amide bonds. The highest BCUT2D eigenvalue weighted by atomic mass is 32.2. The number of rotatable bonds is 9. The Morgan fingerprint density at radius 2 is 1.75 bits per heavy atom. The van der Waals surface area contributed by atoms with Crippen LogP contribution < -0.4 is 20.1 Å². The fourth-order valence-electron chi connectivity index (χ4n) is 4.30. The Hall–Kier alpha value is -4.64. The largest absolute Gasteiger partial charge is 0.497 e. The highest BCUT2D eigenvalue weighted by Gasteiger charge is 2.42. The van der Waals surface area contributed by atoms with E-state index in [9.17, 15) is 14.4 Å². The van der Waals surface area contributed by atoms with Crippen LogP contribution in [0.25, 0.3) is 0 Å². The third kappa shape index (κ3) is 5.84. The molecule has 40 heavy (non-hydrogen) atoms. The van der Waals surface area contributed by atoms with E-state index >= 15 is 0 Å². The number of hydrogen-bond acceptors (Lipinski definition) is 8. The Morgan fingerprint density at radius 3 is 2.52 bits per heavy atom. The maximum Gasteiger partial charge on any atom is 0.259 e. The number of thioether (sulfide) groups is 1. The molecule has 2 aliphatic heterocycles. The highest BCUT2D eigenvalue weighted by molar-refractivity contribution is 8.14. The maximum atomic E-state index is 13.5.